The van der Waals surface area contributed by atoms with E-state index in [1.165, 1.54) is 7.11 Å². The van der Waals surface area contributed by atoms with E-state index < -0.39 is 0 Å². The highest BCUT2D eigenvalue weighted by molar-refractivity contribution is 5.85. The van der Waals surface area contributed by atoms with E-state index in [1.807, 2.05) is 0 Å². The molecular formula is C13H23ClN2O3. The van der Waals surface area contributed by atoms with Gasteiger partial charge in [-0.1, -0.05) is 0 Å². The first kappa shape index (κ1) is 16.2. The fourth-order valence-electron chi connectivity index (χ4n) is 2.87. The highest BCUT2D eigenvalue weighted by Gasteiger charge is 2.57. The summed E-state index contributed by atoms with van der Waals surface area (Å²) in [4.78, 5) is 22.8. The Morgan fingerprint density at radius 3 is 2.68 bits per heavy atom. The zero-order chi connectivity index (χ0) is 13.0. The summed E-state index contributed by atoms with van der Waals surface area (Å²) in [5.74, 6) is 0.157. The fraction of sp³-hybridized carbons (Fsp3) is 0.846. The van der Waals surface area contributed by atoms with E-state index in [0.29, 0.717) is 19.4 Å². The summed E-state index contributed by atoms with van der Waals surface area (Å²) in [7, 11) is 1.38. The van der Waals surface area contributed by atoms with Gasteiger partial charge in [0.15, 0.2) is 0 Å². The zero-order valence-electron chi connectivity index (χ0n) is 11.4. The minimum absolute atomic E-state index is 0. The van der Waals surface area contributed by atoms with Crippen LogP contribution in [-0.4, -0.2) is 38.6 Å². The van der Waals surface area contributed by atoms with Crippen molar-refractivity contribution < 1.29 is 14.3 Å². The number of ether oxygens (including phenoxy) is 1. The van der Waals surface area contributed by atoms with E-state index in [0.717, 1.165) is 32.4 Å². The van der Waals surface area contributed by atoms with Crippen molar-refractivity contribution in [1.82, 2.24) is 10.6 Å². The normalized spacial score (nSPS) is 23.3. The van der Waals surface area contributed by atoms with Gasteiger partial charge in [-0.15, -0.1) is 12.4 Å². The average molecular weight is 291 g/mol. The van der Waals surface area contributed by atoms with Crippen molar-refractivity contribution in [2.75, 3.05) is 26.7 Å². The Bertz CT molecular complexity index is 330. The predicted molar refractivity (Wildman–Crippen MR) is 74.2 cm³/mol. The summed E-state index contributed by atoms with van der Waals surface area (Å²) < 4.78 is 4.55. The Kier molecular flexibility index (Phi) is 6.07. The highest BCUT2D eigenvalue weighted by Crippen LogP contribution is 2.58. The fourth-order valence-corrected chi connectivity index (χ4v) is 2.87. The van der Waals surface area contributed by atoms with E-state index in [-0.39, 0.29) is 35.6 Å². The molecule has 0 aromatic rings. The summed E-state index contributed by atoms with van der Waals surface area (Å²) >= 11 is 0. The smallest absolute Gasteiger partial charge is 0.305 e. The summed E-state index contributed by atoms with van der Waals surface area (Å²) in [6.45, 7) is 2.64. The lowest BCUT2D eigenvalue weighted by Gasteiger charge is -2.23. The van der Waals surface area contributed by atoms with Gasteiger partial charge in [-0.05, 0) is 44.2 Å². The van der Waals surface area contributed by atoms with E-state index >= 15 is 0 Å². The molecular weight excluding hydrogens is 268 g/mol. The molecule has 2 N–H and O–H groups in total. The Labute approximate surface area is 120 Å². The van der Waals surface area contributed by atoms with Gasteiger partial charge in [0.2, 0.25) is 5.91 Å². The molecule has 19 heavy (non-hydrogen) atoms. The Morgan fingerprint density at radius 2 is 2.05 bits per heavy atom. The van der Waals surface area contributed by atoms with Gasteiger partial charge in [0.25, 0.3) is 0 Å². The molecule has 1 aliphatic heterocycles. The molecule has 1 heterocycles. The molecule has 6 heteroatoms. The van der Waals surface area contributed by atoms with Crippen molar-refractivity contribution in [2.24, 2.45) is 11.3 Å². The van der Waals surface area contributed by atoms with Crippen LogP contribution in [0.4, 0.5) is 0 Å². The monoisotopic (exact) mass is 290 g/mol. The first-order valence-corrected chi connectivity index (χ1v) is 6.73. The Balaban J connectivity index is 0.00000180. The zero-order valence-corrected chi connectivity index (χ0v) is 12.2. The van der Waals surface area contributed by atoms with Gasteiger partial charge in [0.1, 0.15) is 0 Å². The molecule has 0 radical (unpaired) electrons. The van der Waals surface area contributed by atoms with Crippen LogP contribution in [0.1, 0.15) is 32.1 Å². The molecule has 1 atom stereocenters. The maximum absolute atomic E-state index is 11.9. The maximum Gasteiger partial charge on any atom is 0.305 e. The second-order valence-corrected chi connectivity index (χ2v) is 5.34. The van der Waals surface area contributed by atoms with Crippen LogP contribution in [0.3, 0.4) is 0 Å². The molecule has 1 aliphatic carbocycles. The van der Waals surface area contributed by atoms with Gasteiger partial charge in [-0.3, -0.25) is 9.59 Å². The van der Waals surface area contributed by atoms with Crippen LogP contribution in [0.25, 0.3) is 0 Å². The number of halogens is 1. The van der Waals surface area contributed by atoms with Gasteiger partial charge >= 0.3 is 5.97 Å². The van der Waals surface area contributed by atoms with Gasteiger partial charge in [0, 0.05) is 18.9 Å². The largest absolute Gasteiger partial charge is 0.469 e. The number of hydrogen-bond donors (Lipinski definition) is 2. The molecule has 5 nitrogen and oxygen atoms in total. The molecule has 0 bridgehead atoms. The second-order valence-electron chi connectivity index (χ2n) is 5.34. The van der Waals surface area contributed by atoms with Crippen LogP contribution in [0.2, 0.25) is 0 Å². The summed E-state index contributed by atoms with van der Waals surface area (Å²) in [6, 6.07) is 0. The first-order valence-electron chi connectivity index (χ1n) is 6.73. The van der Waals surface area contributed by atoms with Crippen LogP contribution in [0.15, 0.2) is 0 Å². The number of esters is 1. The van der Waals surface area contributed by atoms with Crippen molar-refractivity contribution >= 4 is 24.3 Å². The second kappa shape index (κ2) is 7.10. The van der Waals surface area contributed by atoms with Crippen LogP contribution in [0.5, 0.6) is 0 Å². The minimum Gasteiger partial charge on any atom is -0.469 e. The first-order chi connectivity index (χ1) is 8.68. The van der Waals surface area contributed by atoms with E-state index in [1.54, 1.807) is 0 Å². The molecule has 0 aromatic carbocycles. The third-order valence-electron chi connectivity index (χ3n) is 4.19. The number of methoxy groups -OCH3 is 1. The van der Waals surface area contributed by atoms with Crippen LogP contribution in [0, 0.1) is 11.3 Å². The predicted octanol–water partition coefficient (Wildman–Crippen LogP) is 0.867. The van der Waals surface area contributed by atoms with Crippen LogP contribution >= 0.6 is 12.4 Å². The quantitative estimate of drug-likeness (QED) is 0.582. The lowest BCUT2D eigenvalue weighted by molar-refractivity contribution is -0.140. The SMILES string of the molecule is COC(=O)CCCNC(=O)C1CC12CCNCC2.Cl. The molecule has 0 aromatic heterocycles. The lowest BCUT2D eigenvalue weighted by Crippen LogP contribution is -2.34. The highest BCUT2D eigenvalue weighted by atomic mass is 35.5. The lowest BCUT2D eigenvalue weighted by atomic mass is 9.92. The summed E-state index contributed by atoms with van der Waals surface area (Å²) in [6.07, 6.45) is 4.30. The third kappa shape index (κ3) is 4.08. The van der Waals surface area contributed by atoms with Crippen molar-refractivity contribution in [3.05, 3.63) is 0 Å². The molecule has 1 amide bonds. The van der Waals surface area contributed by atoms with Gasteiger partial charge in [0.05, 0.1) is 7.11 Å². The average Bonchev–Trinajstić information content (AvgIpc) is 3.08. The molecule has 110 valence electrons. The van der Waals surface area contributed by atoms with Crippen LogP contribution < -0.4 is 10.6 Å². The third-order valence-corrected chi connectivity index (χ3v) is 4.19. The maximum atomic E-state index is 11.9. The number of carbonyl (C=O) groups is 2. The number of amides is 1. The number of piperidine rings is 1. The van der Waals surface area contributed by atoms with Crippen molar-refractivity contribution in [2.45, 2.75) is 32.1 Å². The van der Waals surface area contributed by atoms with E-state index in [2.05, 4.69) is 15.4 Å². The van der Waals surface area contributed by atoms with Crippen molar-refractivity contribution in [3.63, 3.8) is 0 Å². The minimum atomic E-state index is -0.217. The van der Waals surface area contributed by atoms with Crippen LogP contribution in [-0.2, 0) is 14.3 Å². The number of nitrogens with one attached hydrogen (secondary N) is 2. The van der Waals surface area contributed by atoms with Gasteiger partial charge < -0.3 is 15.4 Å². The number of rotatable bonds is 5. The number of hydrogen-bond acceptors (Lipinski definition) is 4. The molecule has 2 fully saturated rings. The van der Waals surface area contributed by atoms with Crippen molar-refractivity contribution in [1.29, 1.82) is 0 Å². The molecule has 1 saturated carbocycles. The standard InChI is InChI=1S/C13H22N2O3.ClH/c1-18-11(16)3-2-6-15-12(17)10-9-13(10)4-7-14-8-5-13;/h10,14H,2-9H2,1H3,(H,15,17);1H. The summed E-state index contributed by atoms with van der Waals surface area (Å²) in [5, 5.41) is 6.26. The number of carbonyl (C=O) groups excluding carboxylic acids is 2. The van der Waals surface area contributed by atoms with Gasteiger partial charge in [-0.2, -0.15) is 0 Å². The van der Waals surface area contributed by atoms with E-state index in [9.17, 15) is 9.59 Å². The Hall–Kier alpha value is -0.810. The van der Waals surface area contributed by atoms with Crippen molar-refractivity contribution in [3.8, 4) is 0 Å². The van der Waals surface area contributed by atoms with E-state index in [4.69, 9.17) is 0 Å². The summed E-state index contributed by atoms with van der Waals surface area (Å²) in [5.41, 5.74) is 0.289. The van der Waals surface area contributed by atoms with Gasteiger partial charge in [-0.25, -0.2) is 0 Å². The molecule has 1 spiro atoms. The Morgan fingerprint density at radius 1 is 1.37 bits per heavy atom. The topological polar surface area (TPSA) is 67.4 Å². The molecule has 1 unspecified atom stereocenters. The molecule has 1 saturated heterocycles. The molecule has 2 rings (SSSR count). The molecule has 2 aliphatic rings.